The third-order valence-corrected chi connectivity index (χ3v) is 3.44. The van der Waals surface area contributed by atoms with Gasteiger partial charge in [-0.25, -0.2) is 0 Å². The Balaban J connectivity index is 2.16. The quantitative estimate of drug-likeness (QED) is 0.928. The molecule has 1 aliphatic rings. The van der Waals surface area contributed by atoms with E-state index in [9.17, 15) is 23.1 Å². The molecule has 1 aromatic carbocycles. The van der Waals surface area contributed by atoms with E-state index in [1.165, 1.54) is 23.1 Å². The molecular weight excluding hydrogens is 271 g/mol. The molecule has 1 heterocycles. The Bertz CT molecular complexity index is 507. The van der Waals surface area contributed by atoms with Gasteiger partial charge in [0.25, 0.3) is 5.91 Å². The number of aliphatic hydroxyl groups is 1. The first-order valence-electron chi connectivity index (χ1n) is 6.45. The first-order valence-corrected chi connectivity index (χ1v) is 6.45. The summed E-state index contributed by atoms with van der Waals surface area (Å²) in [5, 5.41) is 9.99. The smallest absolute Gasteiger partial charge is 0.386 e. The Morgan fingerprint density at radius 2 is 1.95 bits per heavy atom. The summed E-state index contributed by atoms with van der Waals surface area (Å²) < 4.78 is 38.5. The molecule has 0 bridgehead atoms. The van der Waals surface area contributed by atoms with E-state index in [1.54, 1.807) is 0 Å². The molecule has 0 aliphatic carbocycles. The summed E-state index contributed by atoms with van der Waals surface area (Å²) in [6.07, 6.45) is -3.26. The molecule has 1 aromatic rings. The molecule has 0 spiro atoms. The number of nitrogens with zero attached hydrogens (tertiary/aromatic N) is 1. The molecule has 2 rings (SSSR count). The standard InChI is InChI=1S/C14H16F3NO2/c1-2-7-13(20)8-18(9-13)12(19)10-5-3-4-6-11(10)14(15,16)17/h3-6,20H,2,7-9H2,1H3. The summed E-state index contributed by atoms with van der Waals surface area (Å²) in [6, 6.07) is 4.72. The summed E-state index contributed by atoms with van der Waals surface area (Å²) in [5.74, 6) is -0.682. The van der Waals surface area contributed by atoms with E-state index in [0.717, 1.165) is 12.5 Å². The lowest BCUT2D eigenvalue weighted by Crippen LogP contribution is -2.63. The molecule has 0 radical (unpaired) electrons. The first-order chi connectivity index (χ1) is 9.27. The average molecular weight is 287 g/mol. The second-order valence-electron chi connectivity index (χ2n) is 5.18. The lowest BCUT2D eigenvalue weighted by Gasteiger charge is -2.46. The lowest BCUT2D eigenvalue weighted by atomic mass is 9.88. The Kier molecular flexibility index (Phi) is 3.77. The van der Waals surface area contributed by atoms with Crippen LogP contribution >= 0.6 is 0 Å². The maximum absolute atomic E-state index is 12.8. The van der Waals surface area contributed by atoms with E-state index >= 15 is 0 Å². The maximum atomic E-state index is 12.8. The van der Waals surface area contributed by atoms with Crippen molar-refractivity contribution in [1.29, 1.82) is 0 Å². The van der Waals surface area contributed by atoms with E-state index in [-0.39, 0.29) is 18.7 Å². The lowest BCUT2D eigenvalue weighted by molar-refractivity contribution is -0.138. The molecule has 1 saturated heterocycles. The highest BCUT2D eigenvalue weighted by molar-refractivity contribution is 5.96. The van der Waals surface area contributed by atoms with Gasteiger partial charge in [-0.2, -0.15) is 13.2 Å². The van der Waals surface area contributed by atoms with Crippen molar-refractivity contribution < 1.29 is 23.1 Å². The van der Waals surface area contributed by atoms with E-state index < -0.39 is 23.2 Å². The van der Waals surface area contributed by atoms with Crippen LogP contribution in [0.25, 0.3) is 0 Å². The molecule has 1 fully saturated rings. The molecule has 1 aliphatic heterocycles. The topological polar surface area (TPSA) is 40.5 Å². The van der Waals surface area contributed by atoms with Crippen LogP contribution in [0.2, 0.25) is 0 Å². The number of alkyl halides is 3. The van der Waals surface area contributed by atoms with Crippen LogP contribution in [0.4, 0.5) is 13.2 Å². The summed E-state index contributed by atoms with van der Waals surface area (Å²) >= 11 is 0. The predicted octanol–water partition coefficient (Wildman–Crippen LogP) is 2.69. The highest BCUT2D eigenvalue weighted by atomic mass is 19.4. The van der Waals surface area contributed by atoms with Gasteiger partial charge >= 0.3 is 6.18 Å². The summed E-state index contributed by atoms with van der Waals surface area (Å²) in [7, 11) is 0. The van der Waals surface area contributed by atoms with E-state index in [4.69, 9.17) is 0 Å². The van der Waals surface area contributed by atoms with Gasteiger partial charge in [0.05, 0.1) is 29.8 Å². The fourth-order valence-corrected chi connectivity index (χ4v) is 2.52. The van der Waals surface area contributed by atoms with Gasteiger partial charge in [0.2, 0.25) is 0 Å². The van der Waals surface area contributed by atoms with Crippen LogP contribution in [-0.4, -0.2) is 34.6 Å². The van der Waals surface area contributed by atoms with E-state index in [0.29, 0.717) is 6.42 Å². The summed E-state index contributed by atoms with van der Waals surface area (Å²) in [6.45, 7) is 2.08. The monoisotopic (exact) mass is 287 g/mol. The van der Waals surface area contributed by atoms with Gasteiger partial charge in [0, 0.05) is 0 Å². The van der Waals surface area contributed by atoms with Crippen molar-refractivity contribution >= 4 is 5.91 Å². The van der Waals surface area contributed by atoms with Gasteiger partial charge in [-0.1, -0.05) is 25.5 Å². The molecule has 1 N–H and O–H groups in total. The van der Waals surface area contributed by atoms with Gasteiger partial charge in [0.15, 0.2) is 0 Å². The molecule has 110 valence electrons. The number of rotatable bonds is 3. The second-order valence-corrected chi connectivity index (χ2v) is 5.18. The van der Waals surface area contributed by atoms with Crippen molar-refractivity contribution in [3.05, 3.63) is 35.4 Å². The molecule has 6 heteroatoms. The van der Waals surface area contributed by atoms with Crippen LogP contribution < -0.4 is 0 Å². The van der Waals surface area contributed by atoms with E-state index in [2.05, 4.69) is 0 Å². The zero-order valence-electron chi connectivity index (χ0n) is 11.1. The Labute approximate surface area is 115 Å². The van der Waals surface area contributed by atoms with Crippen molar-refractivity contribution in [2.45, 2.75) is 31.5 Å². The minimum Gasteiger partial charge on any atom is -0.386 e. The van der Waals surface area contributed by atoms with Gasteiger partial charge in [0.1, 0.15) is 0 Å². The minimum atomic E-state index is -4.56. The molecule has 1 amide bonds. The normalized spacial score (nSPS) is 17.8. The van der Waals surface area contributed by atoms with Crippen LogP contribution in [0, 0.1) is 0 Å². The Morgan fingerprint density at radius 3 is 2.50 bits per heavy atom. The molecule has 0 saturated carbocycles. The number of halogens is 3. The number of carbonyl (C=O) groups excluding carboxylic acids is 1. The third kappa shape index (κ3) is 2.80. The van der Waals surface area contributed by atoms with Crippen LogP contribution in [0.1, 0.15) is 35.7 Å². The summed E-state index contributed by atoms with van der Waals surface area (Å²) in [5.41, 5.74) is -2.24. The number of benzene rings is 1. The van der Waals surface area contributed by atoms with Crippen molar-refractivity contribution in [2.24, 2.45) is 0 Å². The van der Waals surface area contributed by atoms with Crippen LogP contribution in [0.5, 0.6) is 0 Å². The SMILES string of the molecule is CCCC1(O)CN(C(=O)c2ccccc2C(F)(F)F)C1. The fourth-order valence-electron chi connectivity index (χ4n) is 2.52. The van der Waals surface area contributed by atoms with Crippen molar-refractivity contribution in [1.82, 2.24) is 4.90 Å². The Morgan fingerprint density at radius 1 is 1.35 bits per heavy atom. The van der Waals surface area contributed by atoms with Crippen LogP contribution in [0.15, 0.2) is 24.3 Å². The number of hydrogen-bond donors (Lipinski definition) is 1. The minimum absolute atomic E-state index is 0.0892. The third-order valence-electron chi connectivity index (χ3n) is 3.44. The molecule has 3 nitrogen and oxygen atoms in total. The number of likely N-dealkylation sites (tertiary alicyclic amines) is 1. The number of β-amino-alcohol motifs (C(OH)–C–C–N with tert-alkyl or cyclic N) is 1. The number of amides is 1. The maximum Gasteiger partial charge on any atom is 0.417 e. The number of carbonyl (C=O) groups is 1. The van der Waals surface area contributed by atoms with Gasteiger partial charge in [-0.05, 0) is 18.6 Å². The molecular formula is C14H16F3NO2. The highest BCUT2D eigenvalue weighted by Gasteiger charge is 2.44. The summed E-state index contributed by atoms with van der Waals surface area (Å²) in [4.78, 5) is 13.4. The predicted molar refractivity (Wildman–Crippen MR) is 67.2 cm³/mol. The van der Waals surface area contributed by atoms with Crippen LogP contribution in [0.3, 0.4) is 0 Å². The zero-order chi connectivity index (χ0) is 15.0. The van der Waals surface area contributed by atoms with Crippen molar-refractivity contribution in [3.63, 3.8) is 0 Å². The van der Waals surface area contributed by atoms with Crippen molar-refractivity contribution in [2.75, 3.05) is 13.1 Å². The fraction of sp³-hybridized carbons (Fsp3) is 0.500. The molecule has 20 heavy (non-hydrogen) atoms. The highest BCUT2D eigenvalue weighted by Crippen LogP contribution is 2.34. The largest absolute Gasteiger partial charge is 0.417 e. The van der Waals surface area contributed by atoms with Gasteiger partial charge in [-0.15, -0.1) is 0 Å². The molecule has 0 aromatic heterocycles. The van der Waals surface area contributed by atoms with E-state index in [1.807, 2.05) is 6.92 Å². The average Bonchev–Trinajstić information content (AvgIpc) is 2.34. The van der Waals surface area contributed by atoms with Gasteiger partial charge < -0.3 is 10.0 Å². The Hall–Kier alpha value is -1.56. The molecule has 0 unspecified atom stereocenters. The number of hydrogen-bond acceptors (Lipinski definition) is 2. The van der Waals surface area contributed by atoms with Crippen molar-refractivity contribution in [3.8, 4) is 0 Å². The van der Waals surface area contributed by atoms with Crippen LogP contribution in [-0.2, 0) is 6.18 Å². The zero-order valence-corrected chi connectivity index (χ0v) is 11.1. The van der Waals surface area contributed by atoms with Gasteiger partial charge in [-0.3, -0.25) is 4.79 Å². The second kappa shape index (κ2) is 5.09. The molecule has 0 atom stereocenters. The first kappa shape index (κ1) is 14.8.